The predicted molar refractivity (Wildman–Crippen MR) is 74.2 cm³/mol. The second-order valence-corrected chi connectivity index (χ2v) is 5.03. The van der Waals surface area contributed by atoms with Gasteiger partial charge >= 0.3 is 12.0 Å². The Hall–Kier alpha value is -1.38. The zero-order valence-electron chi connectivity index (χ0n) is 12.7. The Labute approximate surface area is 124 Å². The maximum atomic E-state index is 12.3. The van der Waals surface area contributed by atoms with Gasteiger partial charge in [-0.2, -0.15) is 0 Å². The van der Waals surface area contributed by atoms with Crippen LogP contribution in [-0.2, 0) is 19.0 Å². The predicted octanol–water partition coefficient (Wildman–Crippen LogP) is -0.221. The van der Waals surface area contributed by atoms with E-state index in [2.05, 4.69) is 5.32 Å². The number of nitrogens with zero attached hydrogens (tertiary/aromatic N) is 1. The molecule has 1 aliphatic rings. The first-order chi connectivity index (χ1) is 10.0. The van der Waals surface area contributed by atoms with Crippen LogP contribution in [0.3, 0.4) is 0 Å². The fraction of sp³-hybridized carbons (Fsp3) is 0.846. The maximum absolute atomic E-state index is 12.3. The van der Waals surface area contributed by atoms with Crippen molar-refractivity contribution in [1.82, 2.24) is 10.2 Å². The fourth-order valence-electron chi connectivity index (χ4n) is 2.22. The Kier molecular flexibility index (Phi) is 7.41. The SMILES string of the molecule is COCCN(C(=O)NC1COCC1C(=O)O)C(C)COC. The normalized spacial score (nSPS) is 22.8. The van der Waals surface area contributed by atoms with E-state index in [4.69, 9.17) is 19.3 Å². The smallest absolute Gasteiger partial charge is 0.318 e. The van der Waals surface area contributed by atoms with Crippen molar-refractivity contribution >= 4 is 12.0 Å². The molecule has 122 valence electrons. The second-order valence-electron chi connectivity index (χ2n) is 5.03. The molecule has 0 spiro atoms. The van der Waals surface area contributed by atoms with Crippen molar-refractivity contribution < 1.29 is 28.9 Å². The summed E-state index contributed by atoms with van der Waals surface area (Å²) in [6.07, 6.45) is 0. The average molecular weight is 304 g/mol. The summed E-state index contributed by atoms with van der Waals surface area (Å²) in [4.78, 5) is 25.0. The second kappa shape index (κ2) is 8.81. The molecule has 1 saturated heterocycles. The van der Waals surface area contributed by atoms with Crippen LogP contribution in [0.15, 0.2) is 0 Å². The lowest BCUT2D eigenvalue weighted by atomic mass is 10.0. The number of carboxylic acid groups (broad SMARTS) is 1. The van der Waals surface area contributed by atoms with Gasteiger partial charge in [-0.1, -0.05) is 0 Å². The summed E-state index contributed by atoms with van der Waals surface area (Å²) in [6.45, 7) is 3.37. The number of urea groups is 1. The fourth-order valence-corrected chi connectivity index (χ4v) is 2.22. The highest BCUT2D eigenvalue weighted by atomic mass is 16.5. The van der Waals surface area contributed by atoms with Gasteiger partial charge in [-0.15, -0.1) is 0 Å². The summed E-state index contributed by atoms with van der Waals surface area (Å²) in [5.41, 5.74) is 0. The molecule has 0 bridgehead atoms. The van der Waals surface area contributed by atoms with E-state index in [1.54, 1.807) is 19.1 Å². The number of hydrogen-bond donors (Lipinski definition) is 2. The van der Waals surface area contributed by atoms with Crippen LogP contribution in [0.4, 0.5) is 4.79 Å². The highest BCUT2D eigenvalue weighted by Crippen LogP contribution is 2.14. The van der Waals surface area contributed by atoms with Crippen LogP contribution < -0.4 is 5.32 Å². The van der Waals surface area contributed by atoms with Crippen molar-refractivity contribution in [3.05, 3.63) is 0 Å². The molecule has 2 N–H and O–H groups in total. The molecule has 3 atom stereocenters. The molecule has 8 nitrogen and oxygen atoms in total. The van der Waals surface area contributed by atoms with Crippen molar-refractivity contribution in [3.8, 4) is 0 Å². The van der Waals surface area contributed by atoms with Gasteiger partial charge in [0.25, 0.3) is 0 Å². The van der Waals surface area contributed by atoms with Gasteiger partial charge in [0.05, 0.1) is 38.5 Å². The van der Waals surface area contributed by atoms with Crippen LogP contribution in [0, 0.1) is 5.92 Å². The molecule has 0 aromatic carbocycles. The van der Waals surface area contributed by atoms with E-state index in [0.717, 1.165) is 0 Å². The van der Waals surface area contributed by atoms with E-state index in [-0.39, 0.29) is 25.3 Å². The number of rotatable bonds is 8. The number of hydrogen-bond acceptors (Lipinski definition) is 5. The third kappa shape index (κ3) is 5.14. The lowest BCUT2D eigenvalue weighted by Gasteiger charge is -2.30. The van der Waals surface area contributed by atoms with E-state index >= 15 is 0 Å². The maximum Gasteiger partial charge on any atom is 0.318 e. The van der Waals surface area contributed by atoms with Crippen molar-refractivity contribution in [1.29, 1.82) is 0 Å². The molecule has 1 heterocycles. The summed E-state index contributed by atoms with van der Waals surface area (Å²) in [7, 11) is 3.12. The quantitative estimate of drug-likeness (QED) is 0.643. The Bertz CT molecular complexity index is 352. The summed E-state index contributed by atoms with van der Waals surface area (Å²) in [6, 6.07) is -0.996. The lowest BCUT2D eigenvalue weighted by molar-refractivity contribution is -0.142. The van der Waals surface area contributed by atoms with Crippen molar-refractivity contribution in [2.75, 3.05) is 47.2 Å². The first kappa shape index (κ1) is 17.7. The van der Waals surface area contributed by atoms with E-state index in [0.29, 0.717) is 19.8 Å². The van der Waals surface area contributed by atoms with Crippen LogP contribution in [-0.4, -0.2) is 81.3 Å². The summed E-state index contributed by atoms with van der Waals surface area (Å²) >= 11 is 0. The van der Waals surface area contributed by atoms with Crippen molar-refractivity contribution in [3.63, 3.8) is 0 Å². The molecular formula is C13H24N2O6. The number of carboxylic acids is 1. The van der Waals surface area contributed by atoms with Gasteiger partial charge in [-0.3, -0.25) is 4.79 Å². The number of carbonyl (C=O) groups excluding carboxylic acids is 1. The van der Waals surface area contributed by atoms with Gasteiger partial charge in [0.2, 0.25) is 0 Å². The highest BCUT2D eigenvalue weighted by Gasteiger charge is 2.36. The Balaban J connectivity index is 2.64. The summed E-state index contributed by atoms with van der Waals surface area (Å²) in [5, 5.41) is 11.8. The van der Waals surface area contributed by atoms with Gasteiger partial charge in [0, 0.05) is 20.8 Å². The van der Waals surface area contributed by atoms with Crippen molar-refractivity contribution in [2.24, 2.45) is 5.92 Å². The van der Waals surface area contributed by atoms with Gasteiger partial charge in [-0.05, 0) is 6.92 Å². The van der Waals surface area contributed by atoms with Gasteiger partial charge in [-0.25, -0.2) is 4.79 Å². The minimum atomic E-state index is -0.966. The molecule has 3 unspecified atom stereocenters. The van der Waals surface area contributed by atoms with E-state index < -0.39 is 17.9 Å². The third-order valence-corrected chi connectivity index (χ3v) is 3.44. The first-order valence-corrected chi connectivity index (χ1v) is 6.86. The van der Waals surface area contributed by atoms with Crippen LogP contribution >= 0.6 is 0 Å². The van der Waals surface area contributed by atoms with Crippen LogP contribution in [0.25, 0.3) is 0 Å². The molecule has 8 heteroatoms. The molecule has 0 aliphatic carbocycles. The molecular weight excluding hydrogens is 280 g/mol. The molecule has 1 rings (SSSR count). The molecule has 1 fully saturated rings. The Morgan fingerprint density at radius 2 is 2.10 bits per heavy atom. The number of nitrogens with one attached hydrogen (secondary N) is 1. The molecule has 2 amide bonds. The lowest BCUT2D eigenvalue weighted by Crippen LogP contribution is -2.53. The van der Waals surface area contributed by atoms with Crippen LogP contribution in [0.5, 0.6) is 0 Å². The first-order valence-electron chi connectivity index (χ1n) is 6.86. The third-order valence-electron chi connectivity index (χ3n) is 3.44. The highest BCUT2D eigenvalue weighted by molar-refractivity contribution is 5.77. The van der Waals surface area contributed by atoms with Gasteiger partial charge in [0.1, 0.15) is 5.92 Å². The minimum Gasteiger partial charge on any atom is -0.481 e. The summed E-state index contributed by atoms with van der Waals surface area (Å²) in [5.74, 6) is -1.68. The van der Waals surface area contributed by atoms with E-state index in [1.807, 2.05) is 6.92 Å². The zero-order chi connectivity index (χ0) is 15.8. The molecule has 0 saturated carbocycles. The monoisotopic (exact) mass is 304 g/mol. The van der Waals surface area contributed by atoms with E-state index in [9.17, 15) is 9.59 Å². The minimum absolute atomic E-state index is 0.117. The van der Waals surface area contributed by atoms with Crippen LogP contribution in [0.1, 0.15) is 6.92 Å². The summed E-state index contributed by atoms with van der Waals surface area (Å²) < 4.78 is 15.2. The number of aliphatic carboxylic acids is 1. The molecule has 0 aromatic rings. The zero-order valence-corrected chi connectivity index (χ0v) is 12.7. The molecule has 0 aromatic heterocycles. The number of methoxy groups -OCH3 is 2. The number of carbonyl (C=O) groups is 2. The van der Waals surface area contributed by atoms with Crippen molar-refractivity contribution in [2.45, 2.75) is 19.0 Å². The molecule has 21 heavy (non-hydrogen) atoms. The average Bonchev–Trinajstić information content (AvgIpc) is 2.87. The topological polar surface area (TPSA) is 97.3 Å². The Morgan fingerprint density at radius 3 is 2.67 bits per heavy atom. The van der Waals surface area contributed by atoms with Gasteiger partial charge in [0.15, 0.2) is 0 Å². The number of ether oxygens (including phenoxy) is 3. The molecule has 0 radical (unpaired) electrons. The van der Waals surface area contributed by atoms with Gasteiger partial charge < -0.3 is 29.5 Å². The standard InChI is InChI=1S/C13H24N2O6/c1-9(6-20-3)15(4-5-19-2)13(18)14-11-8-21-7-10(11)12(16)17/h9-11H,4-8H2,1-3H3,(H,14,18)(H,16,17). The largest absolute Gasteiger partial charge is 0.481 e. The van der Waals surface area contributed by atoms with E-state index in [1.165, 1.54) is 0 Å². The Morgan fingerprint density at radius 1 is 1.38 bits per heavy atom. The van der Waals surface area contributed by atoms with Crippen LogP contribution in [0.2, 0.25) is 0 Å². The number of amides is 2. The molecule has 1 aliphatic heterocycles.